The quantitative estimate of drug-likeness (QED) is 0.637. The molecule has 1 amide bonds. The van der Waals surface area contributed by atoms with Crippen molar-refractivity contribution in [1.29, 1.82) is 0 Å². The number of carbonyl (C=O) groups is 1. The lowest BCUT2D eigenvalue weighted by Gasteiger charge is -2.31. The van der Waals surface area contributed by atoms with E-state index in [-0.39, 0.29) is 19.0 Å². The zero-order valence-electron chi connectivity index (χ0n) is 14.5. The van der Waals surface area contributed by atoms with Crippen molar-refractivity contribution in [2.45, 2.75) is 61.0 Å². The number of aryl methyl sites for hydroxylation is 2. The lowest BCUT2D eigenvalue weighted by atomic mass is 10.1. The highest BCUT2D eigenvalue weighted by Gasteiger charge is 2.44. The number of para-hydroxylation sites is 1. The van der Waals surface area contributed by atoms with Crippen molar-refractivity contribution in [3.05, 3.63) is 29.3 Å². The van der Waals surface area contributed by atoms with Gasteiger partial charge in [0.15, 0.2) is 0 Å². The maximum Gasteiger partial charge on any atom is 0.265 e. The lowest BCUT2D eigenvalue weighted by molar-refractivity contribution is -0.115. The maximum absolute atomic E-state index is 12.9. The molecule has 3 heteroatoms. The van der Waals surface area contributed by atoms with E-state index in [1.165, 1.54) is 18.5 Å². The fourth-order valence-electron chi connectivity index (χ4n) is 3.37. The van der Waals surface area contributed by atoms with Crippen LogP contribution in [0.25, 0.3) is 0 Å². The van der Waals surface area contributed by atoms with Crippen LogP contribution in [-0.2, 0) is 4.79 Å². The topological polar surface area (TPSA) is 29.1 Å². The van der Waals surface area contributed by atoms with Crippen LogP contribution in [0, 0.1) is 13.8 Å². The summed E-state index contributed by atoms with van der Waals surface area (Å²) in [6, 6.07) is 6.16. The molecule has 0 spiro atoms. The van der Waals surface area contributed by atoms with E-state index in [0.29, 0.717) is 0 Å². The largest absolute Gasteiger partial charge is 0.322 e. The number of amides is 1. The SMILES string of the molecule is C.CCC(C(=O)Nc1c(C)cccc1C)[P+](CC)(CC)CC. The minimum absolute atomic E-state index is 0. The first-order valence-corrected chi connectivity index (χ1v) is 10.6. The number of anilines is 1. The molecule has 2 nitrogen and oxygen atoms in total. The summed E-state index contributed by atoms with van der Waals surface area (Å²) in [6.45, 7) is 13.1. The average Bonchev–Trinajstić information content (AvgIpc) is 2.48. The van der Waals surface area contributed by atoms with Crippen molar-refractivity contribution in [2.24, 2.45) is 0 Å². The van der Waals surface area contributed by atoms with Crippen LogP contribution in [-0.4, -0.2) is 30.1 Å². The number of nitrogens with one attached hydrogen (secondary N) is 1. The standard InChI is InChI=1S/C18H30NOP.CH4/c1-7-16(21(8-2,9-3)10-4)18(20)19-17-14(5)12-11-13-15(17)6;/h11-13,16H,7-10H2,1-6H3;1H4/p+1. The molecule has 1 atom stereocenters. The van der Waals surface area contributed by atoms with E-state index >= 15 is 0 Å². The molecule has 1 N–H and O–H groups in total. The summed E-state index contributed by atoms with van der Waals surface area (Å²) in [6.07, 6.45) is 4.44. The van der Waals surface area contributed by atoms with Gasteiger partial charge in [0.05, 0.1) is 18.5 Å². The molecular weight excluding hydrogens is 289 g/mol. The number of carbonyl (C=O) groups excluding carboxylic acids is 1. The van der Waals surface area contributed by atoms with Crippen molar-refractivity contribution in [3.63, 3.8) is 0 Å². The van der Waals surface area contributed by atoms with E-state index in [2.05, 4.69) is 59.0 Å². The zero-order valence-corrected chi connectivity index (χ0v) is 15.4. The summed E-state index contributed by atoms with van der Waals surface area (Å²) in [4.78, 5) is 12.9. The minimum atomic E-state index is -1.18. The molecule has 0 radical (unpaired) electrons. The molecule has 0 aliphatic carbocycles. The lowest BCUT2D eigenvalue weighted by Crippen LogP contribution is -2.33. The molecule has 1 aromatic rings. The first-order valence-electron chi connectivity index (χ1n) is 8.18. The van der Waals surface area contributed by atoms with Crippen molar-refractivity contribution >= 4 is 18.9 Å². The summed E-state index contributed by atoms with van der Waals surface area (Å²) in [5, 5.41) is 3.23. The van der Waals surface area contributed by atoms with Gasteiger partial charge in [0, 0.05) is 12.9 Å². The third-order valence-corrected chi connectivity index (χ3v) is 10.7. The second kappa shape index (κ2) is 9.30. The van der Waals surface area contributed by atoms with Crippen LogP contribution >= 0.6 is 7.26 Å². The zero-order chi connectivity index (χ0) is 16.0. The van der Waals surface area contributed by atoms with E-state index in [1.807, 2.05) is 6.07 Å². The highest BCUT2D eigenvalue weighted by atomic mass is 31.2. The Balaban J connectivity index is 0.00000441. The minimum Gasteiger partial charge on any atom is -0.322 e. The number of hydrogen-bond donors (Lipinski definition) is 1. The van der Waals surface area contributed by atoms with Gasteiger partial charge in [-0.3, -0.25) is 4.79 Å². The Morgan fingerprint density at radius 3 is 1.86 bits per heavy atom. The van der Waals surface area contributed by atoms with Gasteiger partial charge in [-0.05, 0) is 52.2 Å². The van der Waals surface area contributed by atoms with Gasteiger partial charge in [0.2, 0.25) is 0 Å². The smallest absolute Gasteiger partial charge is 0.265 e. The molecule has 126 valence electrons. The highest BCUT2D eigenvalue weighted by Crippen LogP contribution is 2.63. The monoisotopic (exact) mass is 324 g/mol. The normalized spacial score (nSPS) is 12.5. The van der Waals surface area contributed by atoms with Crippen molar-refractivity contribution < 1.29 is 4.79 Å². The van der Waals surface area contributed by atoms with Gasteiger partial charge in [-0.2, -0.15) is 0 Å². The van der Waals surface area contributed by atoms with E-state index < -0.39 is 7.26 Å². The third kappa shape index (κ3) is 4.32. The molecule has 0 heterocycles. The van der Waals surface area contributed by atoms with E-state index in [0.717, 1.165) is 23.2 Å². The Morgan fingerprint density at radius 1 is 1.05 bits per heavy atom. The molecular formula is C19H35NOP+. The van der Waals surface area contributed by atoms with Gasteiger partial charge in [-0.15, -0.1) is 0 Å². The Hall–Kier alpha value is -0.880. The van der Waals surface area contributed by atoms with Gasteiger partial charge >= 0.3 is 0 Å². The van der Waals surface area contributed by atoms with E-state index in [4.69, 9.17) is 0 Å². The Kier molecular flexibility index (Phi) is 8.93. The van der Waals surface area contributed by atoms with Crippen LogP contribution in [0.15, 0.2) is 18.2 Å². The van der Waals surface area contributed by atoms with Gasteiger partial charge < -0.3 is 5.32 Å². The second-order valence-electron chi connectivity index (χ2n) is 5.85. The Bertz CT molecular complexity index is 452. The fourth-order valence-corrected chi connectivity index (χ4v) is 7.37. The second-order valence-corrected chi connectivity index (χ2v) is 10.8. The van der Waals surface area contributed by atoms with Crippen LogP contribution in [0.5, 0.6) is 0 Å². The predicted octanol–water partition coefficient (Wildman–Crippen LogP) is 5.73. The van der Waals surface area contributed by atoms with Crippen LogP contribution in [0.4, 0.5) is 5.69 Å². The molecule has 1 unspecified atom stereocenters. The Morgan fingerprint density at radius 2 is 1.50 bits per heavy atom. The number of hydrogen-bond acceptors (Lipinski definition) is 1. The molecule has 0 aliphatic rings. The van der Waals surface area contributed by atoms with Crippen LogP contribution in [0.3, 0.4) is 0 Å². The number of benzene rings is 1. The highest BCUT2D eigenvalue weighted by molar-refractivity contribution is 7.77. The first kappa shape index (κ1) is 21.1. The van der Waals surface area contributed by atoms with Gasteiger partial charge in [-0.1, -0.05) is 32.5 Å². The molecule has 22 heavy (non-hydrogen) atoms. The van der Waals surface area contributed by atoms with Crippen molar-refractivity contribution in [1.82, 2.24) is 0 Å². The van der Waals surface area contributed by atoms with Crippen LogP contribution in [0.1, 0.15) is 52.7 Å². The summed E-state index contributed by atoms with van der Waals surface area (Å²) in [7, 11) is -1.18. The van der Waals surface area contributed by atoms with E-state index in [9.17, 15) is 4.79 Å². The molecule has 1 rings (SSSR count). The summed E-state index contributed by atoms with van der Waals surface area (Å²) < 4.78 is 0. The molecule has 1 aromatic carbocycles. The third-order valence-electron chi connectivity index (χ3n) is 4.97. The first-order chi connectivity index (χ1) is 9.95. The van der Waals surface area contributed by atoms with E-state index in [1.54, 1.807) is 0 Å². The van der Waals surface area contributed by atoms with Crippen molar-refractivity contribution in [2.75, 3.05) is 23.8 Å². The maximum atomic E-state index is 12.9. The van der Waals surface area contributed by atoms with Crippen molar-refractivity contribution in [3.8, 4) is 0 Å². The summed E-state index contributed by atoms with van der Waals surface area (Å²) in [5.74, 6) is 0.230. The van der Waals surface area contributed by atoms with Gasteiger partial charge in [0.1, 0.15) is 5.66 Å². The molecule has 0 fully saturated rings. The van der Waals surface area contributed by atoms with Crippen LogP contribution < -0.4 is 5.32 Å². The van der Waals surface area contributed by atoms with Gasteiger partial charge in [-0.25, -0.2) is 0 Å². The fraction of sp³-hybridized carbons (Fsp3) is 0.632. The molecule has 0 saturated heterocycles. The summed E-state index contributed by atoms with van der Waals surface area (Å²) >= 11 is 0. The Labute approximate surface area is 138 Å². The number of rotatable bonds is 7. The molecule has 0 aliphatic heterocycles. The predicted molar refractivity (Wildman–Crippen MR) is 104 cm³/mol. The average molecular weight is 324 g/mol. The van der Waals surface area contributed by atoms with Crippen LogP contribution in [0.2, 0.25) is 0 Å². The molecule has 0 aromatic heterocycles. The molecule has 0 bridgehead atoms. The molecule has 0 saturated carbocycles. The summed E-state index contributed by atoms with van der Waals surface area (Å²) in [5.41, 5.74) is 3.48. The van der Waals surface area contributed by atoms with Gasteiger partial charge in [0.25, 0.3) is 5.91 Å².